The van der Waals surface area contributed by atoms with E-state index in [-0.39, 0.29) is 0 Å². The van der Waals surface area contributed by atoms with E-state index in [1.54, 1.807) is 7.11 Å². The molecule has 0 aliphatic carbocycles. The highest BCUT2D eigenvalue weighted by Gasteiger charge is 2.05. The summed E-state index contributed by atoms with van der Waals surface area (Å²) >= 11 is 0. The van der Waals surface area contributed by atoms with Gasteiger partial charge in [0.1, 0.15) is 0 Å². The Morgan fingerprint density at radius 1 is 0.800 bits per heavy atom. The maximum absolute atomic E-state index is 5.57. The Bertz CT molecular complexity index is 399. The van der Waals surface area contributed by atoms with Crippen LogP contribution in [0.25, 0.3) is 0 Å². The maximum atomic E-state index is 5.57. The third-order valence-electron chi connectivity index (χ3n) is 4.99. The smallest absolute Gasteiger partial charge is 0.0718 e. The number of ether oxygens (including phenoxy) is 2. The lowest BCUT2D eigenvalue weighted by Crippen LogP contribution is -2.02. The van der Waals surface area contributed by atoms with E-state index in [1.165, 1.54) is 75.3 Å². The summed E-state index contributed by atoms with van der Waals surface area (Å²) in [5.74, 6) is 0.660. The zero-order valence-electron chi connectivity index (χ0n) is 16.9. The number of hydrogen-bond donors (Lipinski definition) is 0. The molecule has 0 amide bonds. The molecule has 2 heteroatoms. The predicted molar refractivity (Wildman–Crippen MR) is 108 cm³/mol. The fourth-order valence-corrected chi connectivity index (χ4v) is 3.20. The minimum absolute atomic E-state index is 0.660. The molecule has 0 fully saturated rings. The summed E-state index contributed by atoms with van der Waals surface area (Å²) in [6.07, 6.45) is 14.0. The fourth-order valence-electron chi connectivity index (χ4n) is 3.20. The number of methoxy groups -OCH3 is 1. The number of unbranched alkanes of at least 4 members (excludes halogenated alkanes) is 8. The molecule has 0 saturated heterocycles. The van der Waals surface area contributed by atoms with Crippen LogP contribution in [0.1, 0.15) is 95.1 Å². The maximum Gasteiger partial charge on any atom is 0.0718 e. The lowest BCUT2D eigenvalue weighted by molar-refractivity contribution is 0.0616. The molecule has 144 valence electrons. The molecule has 1 unspecified atom stereocenters. The van der Waals surface area contributed by atoms with Crippen LogP contribution in [0.4, 0.5) is 0 Å². The second kappa shape index (κ2) is 15.4. The molecule has 25 heavy (non-hydrogen) atoms. The minimum atomic E-state index is 0.660. The van der Waals surface area contributed by atoms with Crippen LogP contribution in [0.2, 0.25) is 0 Å². The standard InChI is InChI=1S/C23H40O2/c1-4-5-6-7-8-9-10-11-12-13-21(2)23-16-14-22(15-17-23)20-25-19-18-24-3/h14-17,21H,4-13,18-20H2,1-3H3. The molecule has 0 aliphatic heterocycles. The van der Waals surface area contributed by atoms with Crippen molar-refractivity contribution in [2.75, 3.05) is 20.3 Å². The number of benzene rings is 1. The molecule has 0 spiro atoms. The van der Waals surface area contributed by atoms with Crippen molar-refractivity contribution in [1.29, 1.82) is 0 Å². The van der Waals surface area contributed by atoms with E-state index in [9.17, 15) is 0 Å². The number of hydrogen-bond acceptors (Lipinski definition) is 2. The lowest BCUT2D eigenvalue weighted by atomic mass is 9.94. The van der Waals surface area contributed by atoms with E-state index >= 15 is 0 Å². The van der Waals surface area contributed by atoms with Crippen LogP contribution in [0.5, 0.6) is 0 Å². The molecule has 0 aliphatic rings. The first-order valence-electron chi connectivity index (χ1n) is 10.4. The second-order valence-electron chi connectivity index (χ2n) is 7.31. The van der Waals surface area contributed by atoms with Gasteiger partial charge < -0.3 is 9.47 Å². The molecule has 0 saturated carbocycles. The normalized spacial score (nSPS) is 12.4. The van der Waals surface area contributed by atoms with Gasteiger partial charge in [-0.1, -0.05) is 95.9 Å². The van der Waals surface area contributed by atoms with Crippen molar-refractivity contribution in [3.8, 4) is 0 Å². The van der Waals surface area contributed by atoms with Crippen molar-refractivity contribution in [1.82, 2.24) is 0 Å². The third kappa shape index (κ3) is 11.4. The molecule has 2 nitrogen and oxygen atoms in total. The van der Waals surface area contributed by atoms with Gasteiger partial charge in [0.05, 0.1) is 19.8 Å². The molecule has 1 rings (SSSR count). The van der Waals surface area contributed by atoms with Crippen molar-refractivity contribution in [3.63, 3.8) is 0 Å². The van der Waals surface area contributed by atoms with Crippen molar-refractivity contribution >= 4 is 0 Å². The summed E-state index contributed by atoms with van der Waals surface area (Å²) in [7, 11) is 1.70. The van der Waals surface area contributed by atoms with Gasteiger partial charge in [-0.25, -0.2) is 0 Å². The zero-order valence-corrected chi connectivity index (χ0v) is 16.9. The van der Waals surface area contributed by atoms with Gasteiger partial charge in [0, 0.05) is 7.11 Å². The molecule has 1 aromatic carbocycles. The van der Waals surface area contributed by atoms with E-state index in [2.05, 4.69) is 38.1 Å². The Hall–Kier alpha value is -0.860. The van der Waals surface area contributed by atoms with Crippen molar-refractivity contribution in [3.05, 3.63) is 35.4 Å². The topological polar surface area (TPSA) is 18.5 Å². The van der Waals surface area contributed by atoms with E-state index in [1.807, 2.05) is 0 Å². The van der Waals surface area contributed by atoms with E-state index < -0.39 is 0 Å². The molecule has 0 bridgehead atoms. The van der Waals surface area contributed by atoms with Gasteiger partial charge in [-0.05, 0) is 23.5 Å². The van der Waals surface area contributed by atoms with E-state index in [0.29, 0.717) is 25.7 Å². The largest absolute Gasteiger partial charge is 0.382 e. The molecular formula is C23H40O2. The highest BCUT2D eigenvalue weighted by molar-refractivity contribution is 5.24. The van der Waals surface area contributed by atoms with Crippen LogP contribution in [0, 0.1) is 0 Å². The fraction of sp³-hybridized carbons (Fsp3) is 0.739. The van der Waals surface area contributed by atoms with Crippen LogP contribution in [-0.2, 0) is 16.1 Å². The predicted octanol–water partition coefficient (Wildman–Crippen LogP) is 6.87. The highest BCUT2D eigenvalue weighted by atomic mass is 16.5. The van der Waals surface area contributed by atoms with E-state index in [0.717, 1.165) is 0 Å². The quantitative estimate of drug-likeness (QED) is 0.303. The first-order chi connectivity index (χ1) is 12.3. The average molecular weight is 349 g/mol. The SMILES string of the molecule is CCCCCCCCCCCC(C)c1ccc(COCCOC)cc1. The van der Waals surface area contributed by atoms with Crippen LogP contribution < -0.4 is 0 Å². The van der Waals surface area contributed by atoms with Gasteiger partial charge in [0.25, 0.3) is 0 Å². The van der Waals surface area contributed by atoms with Gasteiger partial charge in [0.2, 0.25) is 0 Å². The summed E-state index contributed by atoms with van der Waals surface area (Å²) < 4.78 is 10.6. The Kier molecular flexibility index (Phi) is 13.7. The molecule has 0 heterocycles. The summed E-state index contributed by atoms with van der Waals surface area (Å²) in [6.45, 7) is 6.64. The Balaban J connectivity index is 2.09. The Morgan fingerprint density at radius 3 is 2.00 bits per heavy atom. The van der Waals surface area contributed by atoms with E-state index in [4.69, 9.17) is 9.47 Å². The first-order valence-corrected chi connectivity index (χ1v) is 10.4. The van der Waals surface area contributed by atoms with Crippen molar-refractivity contribution in [2.45, 2.75) is 90.6 Å². The first kappa shape index (κ1) is 22.2. The van der Waals surface area contributed by atoms with Crippen molar-refractivity contribution in [2.24, 2.45) is 0 Å². The van der Waals surface area contributed by atoms with Gasteiger partial charge in [-0.15, -0.1) is 0 Å². The summed E-state index contributed by atoms with van der Waals surface area (Å²) in [4.78, 5) is 0. The summed E-state index contributed by atoms with van der Waals surface area (Å²) in [5.41, 5.74) is 2.70. The Morgan fingerprint density at radius 2 is 1.40 bits per heavy atom. The van der Waals surface area contributed by atoms with Crippen LogP contribution in [0.3, 0.4) is 0 Å². The summed E-state index contributed by atoms with van der Waals surface area (Å²) in [5, 5.41) is 0. The molecular weight excluding hydrogens is 308 g/mol. The number of rotatable bonds is 16. The van der Waals surface area contributed by atoms with Gasteiger partial charge in [-0.3, -0.25) is 0 Å². The average Bonchev–Trinajstić information content (AvgIpc) is 2.64. The van der Waals surface area contributed by atoms with Crippen molar-refractivity contribution < 1.29 is 9.47 Å². The second-order valence-corrected chi connectivity index (χ2v) is 7.31. The molecule has 0 radical (unpaired) electrons. The monoisotopic (exact) mass is 348 g/mol. The van der Waals surface area contributed by atoms with Gasteiger partial charge >= 0.3 is 0 Å². The zero-order chi connectivity index (χ0) is 18.2. The van der Waals surface area contributed by atoms with Crippen LogP contribution in [-0.4, -0.2) is 20.3 Å². The Labute approximate surface area is 156 Å². The molecule has 1 atom stereocenters. The molecule has 0 aromatic heterocycles. The van der Waals surface area contributed by atoms with Crippen LogP contribution >= 0.6 is 0 Å². The van der Waals surface area contributed by atoms with Gasteiger partial charge in [0.15, 0.2) is 0 Å². The third-order valence-corrected chi connectivity index (χ3v) is 4.99. The molecule has 0 N–H and O–H groups in total. The molecule has 1 aromatic rings. The highest BCUT2D eigenvalue weighted by Crippen LogP contribution is 2.23. The minimum Gasteiger partial charge on any atom is -0.382 e. The lowest BCUT2D eigenvalue weighted by Gasteiger charge is -2.13. The van der Waals surface area contributed by atoms with Gasteiger partial charge in [-0.2, -0.15) is 0 Å². The van der Waals surface area contributed by atoms with Crippen LogP contribution in [0.15, 0.2) is 24.3 Å². The summed E-state index contributed by atoms with van der Waals surface area (Å²) in [6, 6.07) is 8.95.